The van der Waals surface area contributed by atoms with Gasteiger partial charge in [0.15, 0.2) is 11.5 Å². The van der Waals surface area contributed by atoms with Crippen LogP contribution in [-0.2, 0) is 0 Å². The number of hydrogen-bond acceptors (Lipinski definition) is 4. The second-order valence-electron chi connectivity index (χ2n) is 4.91. The van der Waals surface area contributed by atoms with Crippen molar-refractivity contribution in [3.63, 3.8) is 0 Å². The lowest BCUT2D eigenvalue weighted by Gasteiger charge is -2.14. The number of rotatable bonds is 3. The fourth-order valence-corrected chi connectivity index (χ4v) is 2.68. The Hall–Kier alpha value is -1.95. The third kappa shape index (κ3) is 3.21. The molecule has 21 heavy (non-hydrogen) atoms. The summed E-state index contributed by atoms with van der Waals surface area (Å²) in [6.07, 6.45) is 2.14. The molecule has 0 aliphatic carbocycles. The maximum absolute atomic E-state index is 12.2. The summed E-state index contributed by atoms with van der Waals surface area (Å²) in [6.45, 7) is 1.63. The van der Waals surface area contributed by atoms with Crippen LogP contribution in [0.4, 0.5) is 11.5 Å². The van der Waals surface area contributed by atoms with Crippen LogP contribution in [0.5, 0.6) is 0 Å². The molecule has 0 unspecified atom stereocenters. The minimum Gasteiger partial charge on any atom is -0.338 e. The van der Waals surface area contributed by atoms with Gasteiger partial charge in [0.1, 0.15) is 0 Å². The maximum Gasteiger partial charge on any atom is 0.274 e. The minimum atomic E-state index is -0.0348. The molecule has 3 rings (SSSR count). The third-order valence-electron chi connectivity index (χ3n) is 3.41. The number of aromatic nitrogens is 2. The zero-order chi connectivity index (χ0) is 14.7. The van der Waals surface area contributed by atoms with E-state index < -0.39 is 0 Å². The van der Waals surface area contributed by atoms with Crippen molar-refractivity contribution in [1.29, 1.82) is 0 Å². The second-order valence-corrected chi connectivity index (χ2v) is 5.76. The van der Waals surface area contributed by atoms with Gasteiger partial charge in [0, 0.05) is 17.6 Å². The number of nitrogens with one attached hydrogen (secondary N) is 1. The number of carbonyl (C=O) groups excluding carboxylic acids is 1. The molecule has 1 aromatic carbocycles. The Labute approximate surface area is 131 Å². The summed E-state index contributed by atoms with van der Waals surface area (Å²) in [6, 6.07) is 11.3. The normalized spacial score (nSPS) is 14.2. The molecule has 0 saturated carbocycles. The summed E-state index contributed by atoms with van der Waals surface area (Å²) in [4.78, 5) is 14.0. The SMILES string of the molecule is O=C(c1ccc(Nc2ccccc2Br)nn1)N1CCCC1. The number of halogens is 1. The second kappa shape index (κ2) is 6.22. The van der Waals surface area contributed by atoms with Gasteiger partial charge >= 0.3 is 0 Å². The molecular formula is C15H15BrN4O. The minimum absolute atomic E-state index is 0.0348. The first-order valence-corrected chi connectivity index (χ1v) is 7.68. The van der Waals surface area contributed by atoms with Gasteiger partial charge in [0.25, 0.3) is 5.91 Å². The van der Waals surface area contributed by atoms with Crippen LogP contribution in [0.1, 0.15) is 23.3 Å². The summed E-state index contributed by atoms with van der Waals surface area (Å²) in [5.74, 6) is 0.576. The van der Waals surface area contributed by atoms with Gasteiger partial charge in [-0.05, 0) is 53.0 Å². The molecule has 0 spiro atoms. The highest BCUT2D eigenvalue weighted by Gasteiger charge is 2.20. The van der Waals surface area contributed by atoms with Crippen LogP contribution in [-0.4, -0.2) is 34.1 Å². The van der Waals surface area contributed by atoms with Gasteiger partial charge in [-0.3, -0.25) is 4.79 Å². The molecule has 2 aromatic rings. The summed E-state index contributed by atoms with van der Waals surface area (Å²) >= 11 is 3.46. The third-order valence-corrected chi connectivity index (χ3v) is 4.11. The molecule has 5 nitrogen and oxygen atoms in total. The van der Waals surface area contributed by atoms with Gasteiger partial charge in [-0.15, -0.1) is 10.2 Å². The number of amides is 1. The molecule has 0 radical (unpaired) electrons. The fraction of sp³-hybridized carbons (Fsp3) is 0.267. The van der Waals surface area contributed by atoms with Crippen LogP contribution in [0, 0.1) is 0 Å². The molecule has 1 aliphatic heterocycles. The Morgan fingerprint density at radius 1 is 1.10 bits per heavy atom. The first-order chi connectivity index (χ1) is 10.2. The van der Waals surface area contributed by atoms with Gasteiger partial charge in [-0.25, -0.2) is 0 Å². The number of nitrogens with zero attached hydrogens (tertiary/aromatic N) is 3. The van der Waals surface area contributed by atoms with Crippen LogP contribution in [0.15, 0.2) is 40.9 Å². The molecule has 2 heterocycles. The molecule has 0 atom stereocenters. The van der Waals surface area contributed by atoms with E-state index in [2.05, 4.69) is 31.4 Å². The topological polar surface area (TPSA) is 58.1 Å². The number of likely N-dealkylation sites (tertiary alicyclic amines) is 1. The first-order valence-electron chi connectivity index (χ1n) is 6.88. The molecular weight excluding hydrogens is 332 g/mol. The zero-order valence-corrected chi connectivity index (χ0v) is 13.0. The van der Waals surface area contributed by atoms with Crippen LogP contribution in [0.2, 0.25) is 0 Å². The predicted molar refractivity (Wildman–Crippen MR) is 84.6 cm³/mol. The fourth-order valence-electron chi connectivity index (χ4n) is 2.30. The van der Waals surface area contributed by atoms with E-state index in [1.54, 1.807) is 12.1 Å². The molecule has 1 fully saturated rings. The summed E-state index contributed by atoms with van der Waals surface area (Å²) in [5.41, 5.74) is 1.31. The lowest BCUT2D eigenvalue weighted by atomic mass is 10.3. The van der Waals surface area contributed by atoms with Crippen molar-refractivity contribution in [1.82, 2.24) is 15.1 Å². The number of hydrogen-bond donors (Lipinski definition) is 1. The highest BCUT2D eigenvalue weighted by molar-refractivity contribution is 9.10. The molecule has 1 N–H and O–H groups in total. The van der Waals surface area contributed by atoms with Gasteiger partial charge in [0.05, 0.1) is 5.69 Å². The number of para-hydroxylation sites is 1. The van der Waals surface area contributed by atoms with Gasteiger partial charge in [-0.1, -0.05) is 12.1 Å². The van der Waals surface area contributed by atoms with E-state index in [0.29, 0.717) is 11.5 Å². The maximum atomic E-state index is 12.2. The largest absolute Gasteiger partial charge is 0.338 e. The van der Waals surface area contributed by atoms with Crippen molar-refractivity contribution in [2.75, 3.05) is 18.4 Å². The highest BCUT2D eigenvalue weighted by atomic mass is 79.9. The lowest BCUT2D eigenvalue weighted by molar-refractivity contribution is 0.0786. The molecule has 108 valence electrons. The van der Waals surface area contributed by atoms with Crippen molar-refractivity contribution in [2.24, 2.45) is 0 Å². The van der Waals surface area contributed by atoms with E-state index >= 15 is 0 Å². The summed E-state index contributed by atoms with van der Waals surface area (Å²) in [5, 5.41) is 11.3. The van der Waals surface area contributed by atoms with E-state index in [-0.39, 0.29) is 5.91 Å². The Morgan fingerprint density at radius 2 is 1.86 bits per heavy atom. The van der Waals surface area contributed by atoms with Crippen molar-refractivity contribution >= 4 is 33.3 Å². The number of carbonyl (C=O) groups is 1. The van der Waals surface area contributed by atoms with Crippen molar-refractivity contribution in [3.8, 4) is 0 Å². The van der Waals surface area contributed by atoms with E-state index in [9.17, 15) is 4.79 Å². The monoisotopic (exact) mass is 346 g/mol. The predicted octanol–water partition coefficient (Wildman–Crippen LogP) is 3.22. The quantitative estimate of drug-likeness (QED) is 0.926. The van der Waals surface area contributed by atoms with E-state index in [1.165, 1.54) is 0 Å². The lowest BCUT2D eigenvalue weighted by Crippen LogP contribution is -2.28. The Morgan fingerprint density at radius 3 is 2.52 bits per heavy atom. The van der Waals surface area contributed by atoms with Crippen LogP contribution >= 0.6 is 15.9 Å². The first kappa shape index (κ1) is 14.0. The van der Waals surface area contributed by atoms with Crippen LogP contribution < -0.4 is 5.32 Å². The van der Waals surface area contributed by atoms with E-state index in [0.717, 1.165) is 36.1 Å². The van der Waals surface area contributed by atoms with E-state index in [4.69, 9.17) is 0 Å². The Bertz CT molecular complexity index is 638. The van der Waals surface area contributed by atoms with Crippen LogP contribution in [0.25, 0.3) is 0 Å². The number of anilines is 2. The van der Waals surface area contributed by atoms with Crippen molar-refractivity contribution < 1.29 is 4.79 Å². The number of benzene rings is 1. The molecule has 6 heteroatoms. The van der Waals surface area contributed by atoms with Gasteiger partial charge in [-0.2, -0.15) is 0 Å². The Kier molecular flexibility index (Phi) is 4.15. The summed E-state index contributed by atoms with van der Waals surface area (Å²) < 4.78 is 0.948. The molecule has 0 bridgehead atoms. The zero-order valence-electron chi connectivity index (χ0n) is 11.4. The molecule has 1 saturated heterocycles. The molecule has 1 aliphatic rings. The standard InChI is InChI=1S/C15H15BrN4O/c16-11-5-1-2-6-12(11)17-14-8-7-13(18-19-14)15(21)20-9-3-4-10-20/h1-2,5-8H,3-4,9-10H2,(H,17,19). The smallest absolute Gasteiger partial charge is 0.274 e. The summed E-state index contributed by atoms with van der Waals surface area (Å²) in [7, 11) is 0. The van der Waals surface area contributed by atoms with Crippen molar-refractivity contribution in [3.05, 3.63) is 46.6 Å². The van der Waals surface area contributed by atoms with E-state index in [1.807, 2.05) is 29.2 Å². The average Bonchev–Trinajstić information content (AvgIpc) is 3.04. The van der Waals surface area contributed by atoms with Gasteiger partial charge < -0.3 is 10.2 Å². The van der Waals surface area contributed by atoms with Gasteiger partial charge in [0.2, 0.25) is 0 Å². The molecule has 1 amide bonds. The highest BCUT2D eigenvalue weighted by Crippen LogP contribution is 2.24. The average molecular weight is 347 g/mol. The van der Waals surface area contributed by atoms with Crippen molar-refractivity contribution in [2.45, 2.75) is 12.8 Å². The Balaban J connectivity index is 1.72. The molecule has 1 aromatic heterocycles. The van der Waals surface area contributed by atoms with Crippen LogP contribution in [0.3, 0.4) is 0 Å².